The average Bonchev–Trinajstić information content (AvgIpc) is 2.37. The Labute approximate surface area is 108 Å². The molecule has 0 radical (unpaired) electrons. The summed E-state index contributed by atoms with van der Waals surface area (Å²) in [6, 6.07) is 3.03. The van der Waals surface area contributed by atoms with E-state index in [9.17, 15) is 22.4 Å². The summed E-state index contributed by atoms with van der Waals surface area (Å²) in [6.45, 7) is 0.722. The molecule has 1 aliphatic heterocycles. The van der Waals surface area contributed by atoms with Crippen LogP contribution in [-0.4, -0.2) is 24.4 Å². The Hall–Kier alpha value is -1.59. The number of alkyl halides is 3. The Bertz CT molecular complexity index is 464. The van der Waals surface area contributed by atoms with Gasteiger partial charge in [-0.3, -0.25) is 4.79 Å². The maximum absolute atomic E-state index is 13.8. The highest BCUT2D eigenvalue weighted by Gasteiger charge is 2.37. The summed E-state index contributed by atoms with van der Waals surface area (Å²) in [5.41, 5.74) is -1.17. The quantitative estimate of drug-likeness (QED) is 0.599. The second-order valence-corrected chi connectivity index (χ2v) is 4.61. The molecule has 19 heavy (non-hydrogen) atoms. The van der Waals surface area contributed by atoms with Crippen molar-refractivity contribution in [2.24, 2.45) is 0 Å². The Morgan fingerprint density at radius 1 is 1.21 bits per heavy atom. The van der Waals surface area contributed by atoms with Gasteiger partial charge in [0.1, 0.15) is 5.82 Å². The zero-order valence-corrected chi connectivity index (χ0v) is 10.1. The zero-order chi connectivity index (χ0) is 14.0. The lowest BCUT2D eigenvalue weighted by atomic mass is 9.86. The van der Waals surface area contributed by atoms with Crippen LogP contribution in [0.3, 0.4) is 0 Å². The number of hydrogen-bond donors (Lipinski definition) is 0. The monoisotopic (exact) mass is 275 g/mol. The van der Waals surface area contributed by atoms with Gasteiger partial charge in [-0.2, -0.15) is 13.2 Å². The Kier molecular flexibility index (Phi) is 3.78. The highest BCUT2D eigenvalue weighted by Crippen LogP contribution is 2.39. The van der Waals surface area contributed by atoms with Crippen molar-refractivity contribution in [1.29, 1.82) is 0 Å². The molecule has 0 saturated carbocycles. The third-order valence-electron chi connectivity index (χ3n) is 3.45. The maximum Gasteiger partial charge on any atom is 0.416 e. The fourth-order valence-corrected chi connectivity index (χ4v) is 2.49. The van der Waals surface area contributed by atoms with Crippen molar-refractivity contribution in [3.05, 3.63) is 35.1 Å². The van der Waals surface area contributed by atoms with Crippen molar-refractivity contribution < 1.29 is 22.4 Å². The Morgan fingerprint density at radius 2 is 1.84 bits per heavy atom. The molecule has 6 heteroatoms. The fraction of sp³-hybridized carbons (Fsp3) is 0.462. The van der Waals surface area contributed by atoms with Crippen LogP contribution in [0.5, 0.6) is 0 Å². The van der Waals surface area contributed by atoms with Crippen molar-refractivity contribution in [2.45, 2.75) is 24.9 Å². The minimum atomic E-state index is -4.56. The van der Waals surface area contributed by atoms with E-state index in [1.54, 1.807) is 0 Å². The normalized spacial score (nSPS) is 17.6. The third-order valence-corrected chi connectivity index (χ3v) is 3.45. The molecule has 0 atom stereocenters. The standard InChI is InChI=1S/C13H13F4NO/c14-11-3-1-2-10(13(15,16)17)12(11)9-4-6-18(8-19)7-5-9/h1-3,8-9H,4-7H2. The van der Waals surface area contributed by atoms with Gasteiger partial charge >= 0.3 is 6.18 Å². The number of benzene rings is 1. The number of nitrogens with zero attached hydrogens (tertiary/aromatic N) is 1. The summed E-state index contributed by atoms with van der Waals surface area (Å²) in [6.07, 6.45) is -3.19. The maximum atomic E-state index is 13.8. The van der Waals surface area contributed by atoms with E-state index < -0.39 is 23.5 Å². The van der Waals surface area contributed by atoms with E-state index in [-0.39, 0.29) is 5.56 Å². The lowest BCUT2D eigenvalue weighted by Gasteiger charge is -2.31. The first kappa shape index (κ1) is 13.8. The van der Waals surface area contributed by atoms with Crippen LogP contribution < -0.4 is 0 Å². The van der Waals surface area contributed by atoms with Crippen LogP contribution in [0.25, 0.3) is 0 Å². The first-order chi connectivity index (χ1) is 8.93. The molecule has 104 valence electrons. The van der Waals surface area contributed by atoms with Gasteiger partial charge in [0.15, 0.2) is 0 Å². The molecule has 0 bridgehead atoms. The highest BCUT2D eigenvalue weighted by atomic mass is 19.4. The summed E-state index contributed by atoms with van der Waals surface area (Å²) in [5.74, 6) is -1.31. The van der Waals surface area contributed by atoms with Gasteiger partial charge in [0.2, 0.25) is 6.41 Å². The smallest absolute Gasteiger partial charge is 0.345 e. The summed E-state index contributed by atoms with van der Waals surface area (Å²) in [4.78, 5) is 12.1. The number of carbonyl (C=O) groups excluding carboxylic acids is 1. The fourth-order valence-electron chi connectivity index (χ4n) is 2.49. The molecular weight excluding hydrogens is 262 g/mol. The van der Waals surface area contributed by atoms with Crippen LogP contribution in [-0.2, 0) is 11.0 Å². The van der Waals surface area contributed by atoms with Crippen LogP contribution >= 0.6 is 0 Å². The molecule has 0 unspecified atom stereocenters. The van der Waals surface area contributed by atoms with Crippen LogP contribution in [0, 0.1) is 5.82 Å². The molecule has 2 nitrogen and oxygen atoms in total. The van der Waals surface area contributed by atoms with E-state index in [0.717, 1.165) is 18.2 Å². The molecule has 0 spiro atoms. The number of hydrogen-bond acceptors (Lipinski definition) is 1. The molecule has 1 fully saturated rings. The van der Waals surface area contributed by atoms with Crippen LogP contribution in [0.4, 0.5) is 17.6 Å². The van der Waals surface area contributed by atoms with Gasteiger partial charge in [-0.1, -0.05) is 6.07 Å². The number of carbonyl (C=O) groups is 1. The number of piperidine rings is 1. The molecule has 0 N–H and O–H groups in total. The van der Waals surface area contributed by atoms with Gasteiger partial charge in [-0.15, -0.1) is 0 Å². The van der Waals surface area contributed by atoms with Crippen LogP contribution in [0.2, 0.25) is 0 Å². The summed E-state index contributed by atoms with van der Waals surface area (Å²) < 4.78 is 52.4. The molecular formula is C13H13F4NO. The first-order valence-corrected chi connectivity index (χ1v) is 5.98. The molecule has 1 aromatic rings. The summed E-state index contributed by atoms with van der Waals surface area (Å²) in [7, 11) is 0. The van der Waals surface area contributed by atoms with Gasteiger partial charge in [0.25, 0.3) is 0 Å². The van der Waals surface area contributed by atoms with Crippen molar-refractivity contribution in [3.8, 4) is 0 Å². The topological polar surface area (TPSA) is 20.3 Å². The predicted molar refractivity (Wildman–Crippen MR) is 61.0 cm³/mol. The van der Waals surface area contributed by atoms with Crippen molar-refractivity contribution in [3.63, 3.8) is 0 Å². The molecule has 1 heterocycles. The lowest BCUT2D eigenvalue weighted by Crippen LogP contribution is -2.32. The van der Waals surface area contributed by atoms with Crippen molar-refractivity contribution in [2.75, 3.05) is 13.1 Å². The highest BCUT2D eigenvalue weighted by molar-refractivity contribution is 5.47. The Balaban J connectivity index is 2.32. The molecule has 1 amide bonds. The largest absolute Gasteiger partial charge is 0.416 e. The number of rotatable bonds is 2. The summed E-state index contributed by atoms with van der Waals surface area (Å²) >= 11 is 0. The number of amides is 1. The Morgan fingerprint density at radius 3 is 2.37 bits per heavy atom. The van der Waals surface area contributed by atoms with Crippen LogP contribution in [0.15, 0.2) is 18.2 Å². The van der Waals surface area contributed by atoms with Gasteiger partial charge in [0, 0.05) is 18.7 Å². The molecule has 1 saturated heterocycles. The van der Waals surface area contributed by atoms with Gasteiger partial charge in [-0.25, -0.2) is 4.39 Å². The van der Waals surface area contributed by atoms with Gasteiger partial charge < -0.3 is 4.90 Å². The number of halogens is 4. The minimum absolute atomic E-state index is 0.263. The van der Waals surface area contributed by atoms with E-state index >= 15 is 0 Å². The van der Waals surface area contributed by atoms with Gasteiger partial charge in [-0.05, 0) is 30.9 Å². The van der Waals surface area contributed by atoms with Gasteiger partial charge in [0.05, 0.1) is 5.56 Å². The van der Waals surface area contributed by atoms with E-state index in [1.807, 2.05) is 0 Å². The van der Waals surface area contributed by atoms with Crippen molar-refractivity contribution in [1.82, 2.24) is 4.90 Å². The minimum Gasteiger partial charge on any atom is -0.345 e. The summed E-state index contributed by atoms with van der Waals surface area (Å²) in [5, 5.41) is 0. The average molecular weight is 275 g/mol. The molecule has 2 rings (SSSR count). The second-order valence-electron chi connectivity index (χ2n) is 4.61. The number of likely N-dealkylation sites (tertiary alicyclic amines) is 1. The SMILES string of the molecule is O=CN1CCC(c2c(F)cccc2C(F)(F)F)CC1. The van der Waals surface area contributed by atoms with E-state index in [2.05, 4.69) is 0 Å². The third kappa shape index (κ3) is 2.88. The van der Waals surface area contributed by atoms with Crippen molar-refractivity contribution >= 4 is 6.41 Å². The molecule has 1 aromatic carbocycles. The van der Waals surface area contributed by atoms with E-state index in [4.69, 9.17) is 0 Å². The molecule has 1 aliphatic rings. The van der Waals surface area contributed by atoms with Crippen LogP contribution in [0.1, 0.15) is 29.9 Å². The van der Waals surface area contributed by atoms with E-state index in [1.165, 1.54) is 4.90 Å². The molecule has 0 aliphatic carbocycles. The lowest BCUT2D eigenvalue weighted by molar-refractivity contribution is -0.138. The first-order valence-electron chi connectivity index (χ1n) is 5.98. The predicted octanol–water partition coefficient (Wildman–Crippen LogP) is 3.18. The van der Waals surface area contributed by atoms with E-state index in [0.29, 0.717) is 32.3 Å². The zero-order valence-electron chi connectivity index (χ0n) is 10.1. The molecule has 0 aromatic heterocycles. The second kappa shape index (κ2) is 5.19.